The normalized spacial score (nSPS) is 11.5. The average Bonchev–Trinajstić information content (AvgIpc) is 3.26. The number of nitrogens with zero attached hydrogens (tertiary/aromatic N) is 1. The number of unbranched alkanes of at least 4 members (excludes halogenated alkanes) is 1. The number of hydrogen-bond acceptors (Lipinski definition) is 6. The Labute approximate surface area is 202 Å². The SMILES string of the molecule is CCCC/C(=N\NC(=O)CCC(=O)c1cc(OC)c(OC)cc1Cl)c1csc2ccccc12. The molecule has 0 saturated carbocycles. The smallest absolute Gasteiger partial charge is 0.240 e. The lowest BCUT2D eigenvalue weighted by Crippen LogP contribution is -2.21. The van der Waals surface area contributed by atoms with Gasteiger partial charge in [0.25, 0.3) is 0 Å². The molecule has 1 aromatic heterocycles. The fourth-order valence-corrected chi connectivity index (χ4v) is 4.64. The van der Waals surface area contributed by atoms with Gasteiger partial charge in [-0.3, -0.25) is 9.59 Å². The van der Waals surface area contributed by atoms with Crippen molar-refractivity contribution in [1.29, 1.82) is 0 Å². The van der Waals surface area contributed by atoms with E-state index in [1.165, 1.54) is 31.1 Å². The van der Waals surface area contributed by atoms with Crippen LogP contribution in [0.1, 0.15) is 54.9 Å². The van der Waals surface area contributed by atoms with Crippen molar-refractivity contribution < 1.29 is 19.1 Å². The summed E-state index contributed by atoms with van der Waals surface area (Å²) in [5.74, 6) is 0.262. The summed E-state index contributed by atoms with van der Waals surface area (Å²) < 4.78 is 11.6. The molecule has 0 radical (unpaired) electrons. The predicted octanol–water partition coefficient (Wildman–Crippen LogP) is 6.25. The molecule has 1 heterocycles. The molecule has 1 amide bonds. The van der Waals surface area contributed by atoms with Crippen molar-refractivity contribution in [2.75, 3.05) is 14.2 Å². The molecule has 0 aliphatic heterocycles. The van der Waals surface area contributed by atoms with E-state index < -0.39 is 0 Å². The van der Waals surface area contributed by atoms with E-state index in [4.69, 9.17) is 21.1 Å². The summed E-state index contributed by atoms with van der Waals surface area (Å²) in [4.78, 5) is 25.1. The number of ether oxygens (including phenoxy) is 2. The van der Waals surface area contributed by atoms with Crippen LogP contribution >= 0.6 is 22.9 Å². The third kappa shape index (κ3) is 6.12. The van der Waals surface area contributed by atoms with Gasteiger partial charge in [0.2, 0.25) is 5.91 Å². The maximum absolute atomic E-state index is 12.7. The van der Waals surface area contributed by atoms with Crippen LogP contribution in [0.5, 0.6) is 11.5 Å². The van der Waals surface area contributed by atoms with Gasteiger partial charge in [0.15, 0.2) is 17.3 Å². The van der Waals surface area contributed by atoms with Crippen LogP contribution < -0.4 is 14.9 Å². The molecular weight excluding hydrogens is 460 g/mol. The fraction of sp³-hybridized carbons (Fsp3) is 0.320. The molecule has 174 valence electrons. The number of hydrazone groups is 1. The highest BCUT2D eigenvalue weighted by Crippen LogP contribution is 2.33. The zero-order chi connectivity index (χ0) is 23.8. The van der Waals surface area contributed by atoms with Gasteiger partial charge in [0.05, 0.1) is 25.0 Å². The number of rotatable bonds is 11. The number of hydrogen-bond donors (Lipinski definition) is 1. The summed E-state index contributed by atoms with van der Waals surface area (Å²) in [5, 5.41) is 7.88. The molecule has 3 rings (SSSR count). The molecular formula is C25H27ClN2O4S. The van der Waals surface area contributed by atoms with Crippen molar-refractivity contribution in [3.8, 4) is 11.5 Å². The number of nitrogens with one attached hydrogen (secondary N) is 1. The second kappa shape index (κ2) is 11.8. The minimum absolute atomic E-state index is 0.00154. The lowest BCUT2D eigenvalue weighted by Gasteiger charge is -2.11. The van der Waals surface area contributed by atoms with Gasteiger partial charge in [-0.25, -0.2) is 5.43 Å². The Morgan fingerprint density at radius 3 is 2.48 bits per heavy atom. The van der Waals surface area contributed by atoms with E-state index in [-0.39, 0.29) is 29.6 Å². The van der Waals surface area contributed by atoms with E-state index >= 15 is 0 Å². The quantitative estimate of drug-likeness (QED) is 0.197. The zero-order valence-corrected chi connectivity index (χ0v) is 20.5. The molecule has 33 heavy (non-hydrogen) atoms. The lowest BCUT2D eigenvalue weighted by molar-refractivity contribution is -0.121. The lowest BCUT2D eigenvalue weighted by atomic mass is 10.0. The summed E-state index contributed by atoms with van der Waals surface area (Å²) in [6.07, 6.45) is 2.75. The highest BCUT2D eigenvalue weighted by atomic mass is 35.5. The van der Waals surface area contributed by atoms with Gasteiger partial charge in [-0.15, -0.1) is 11.3 Å². The molecule has 6 nitrogen and oxygen atoms in total. The van der Waals surface area contributed by atoms with E-state index in [0.717, 1.165) is 35.9 Å². The van der Waals surface area contributed by atoms with E-state index in [1.807, 2.05) is 12.1 Å². The summed E-state index contributed by atoms with van der Waals surface area (Å²) in [6.45, 7) is 2.12. The molecule has 8 heteroatoms. The number of methoxy groups -OCH3 is 2. The number of halogens is 1. The highest BCUT2D eigenvalue weighted by molar-refractivity contribution is 7.17. The van der Waals surface area contributed by atoms with Crippen LogP contribution in [0, 0.1) is 0 Å². The summed E-state index contributed by atoms with van der Waals surface area (Å²) in [7, 11) is 2.98. The summed E-state index contributed by atoms with van der Waals surface area (Å²) >= 11 is 7.88. The molecule has 0 aliphatic carbocycles. The van der Waals surface area contributed by atoms with Gasteiger partial charge in [-0.2, -0.15) is 5.10 Å². The third-order valence-electron chi connectivity index (χ3n) is 5.23. The first-order chi connectivity index (χ1) is 16.0. The Morgan fingerprint density at radius 1 is 1.03 bits per heavy atom. The molecule has 0 atom stereocenters. The van der Waals surface area contributed by atoms with E-state index in [2.05, 4.69) is 35.0 Å². The van der Waals surface area contributed by atoms with Gasteiger partial charge in [0.1, 0.15) is 0 Å². The number of benzene rings is 2. The molecule has 0 saturated heterocycles. The third-order valence-corrected chi connectivity index (χ3v) is 6.50. The average molecular weight is 487 g/mol. The Hall–Kier alpha value is -2.90. The molecule has 0 bridgehead atoms. The number of fused-ring (bicyclic) bond motifs is 1. The van der Waals surface area contributed by atoms with E-state index in [0.29, 0.717) is 17.1 Å². The number of amides is 1. The van der Waals surface area contributed by atoms with Crippen molar-refractivity contribution >= 4 is 50.4 Å². The van der Waals surface area contributed by atoms with Gasteiger partial charge in [-0.05, 0) is 25.0 Å². The Kier molecular flexibility index (Phi) is 8.86. The topological polar surface area (TPSA) is 77.0 Å². The van der Waals surface area contributed by atoms with Gasteiger partial charge < -0.3 is 9.47 Å². The van der Waals surface area contributed by atoms with Crippen LogP contribution in [0.3, 0.4) is 0 Å². The van der Waals surface area contributed by atoms with Crippen LogP contribution in [0.2, 0.25) is 5.02 Å². The van der Waals surface area contributed by atoms with Crippen LogP contribution in [0.4, 0.5) is 0 Å². The molecule has 2 aromatic carbocycles. The molecule has 1 N–H and O–H groups in total. The van der Waals surface area contributed by atoms with Crippen molar-refractivity contribution in [3.63, 3.8) is 0 Å². The van der Waals surface area contributed by atoms with Gasteiger partial charge in [0, 0.05) is 45.5 Å². The Morgan fingerprint density at radius 2 is 1.76 bits per heavy atom. The molecule has 0 fully saturated rings. The predicted molar refractivity (Wildman–Crippen MR) is 134 cm³/mol. The maximum Gasteiger partial charge on any atom is 0.240 e. The van der Waals surface area contributed by atoms with Gasteiger partial charge in [-0.1, -0.05) is 43.1 Å². The van der Waals surface area contributed by atoms with Crippen LogP contribution in [-0.2, 0) is 4.79 Å². The minimum atomic E-state index is -0.325. The zero-order valence-electron chi connectivity index (χ0n) is 18.9. The summed E-state index contributed by atoms with van der Waals surface area (Å²) in [6, 6.07) is 11.2. The molecule has 3 aromatic rings. The second-order valence-electron chi connectivity index (χ2n) is 7.45. The van der Waals surface area contributed by atoms with Crippen molar-refractivity contribution in [2.24, 2.45) is 5.10 Å². The fourth-order valence-electron chi connectivity index (χ4n) is 3.41. The van der Waals surface area contributed by atoms with E-state index in [9.17, 15) is 9.59 Å². The van der Waals surface area contributed by atoms with Crippen LogP contribution in [-0.4, -0.2) is 31.6 Å². The van der Waals surface area contributed by atoms with Crippen molar-refractivity contribution in [1.82, 2.24) is 5.43 Å². The number of thiophene rings is 1. The van der Waals surface area contributed by atoms with Crippen molar-refractivity contribution in [3.05, 3.63) is 57.9 Å². The monoisotopic (exact) mass is 486 g/mol. The second-order valence-corrected chi connectivity index (χ2v) is 8.77. The Bertz CT molecular complexity index is 1170. The largest absolute Gasteiger partial charge is 0.493 e. The first kappa shape index (κ1) is 24.7. The van der Waals surface area contributed by atoms with Crippen molar-refractivity contribution in [2.45, 2.75) is 39.0 Å². The van der Waals surface area contributed by atoms with E-state index in [1.54, 1.807) is 11.3 Å². The first-order valence-corrected chi connectivity index (χ1v) is 12.0. The Balaban J connectivity index is 1.68. The first-order valence-electron chi connectivity index (χ1n) is 10.7. The molecule has 0 unspecified atom stereocenters. The summed E-state index contributed by atoms with van der Waals surface area (Å²) in [5.41, 5.74) is 4.81. The number of carbonyl (C=O) groups is 2. The maximum atomic E-state index is 12.7. The molecule has 0 aliphatic rings. The highest BCUT2D eigenvalue weighted by Gasteiger charge is 2.17. The van der Waals surface area contributed by atoms with Crippen LogP contribution in [0.25, 0.3) is 10.1 Å². The number of carbonyl (C=O) groups excluding carboxylic acids is 2. The minimum Gasteiger partial charge on any atom is -0.493 e. The molecule has 0 spiro atoms. The standard InChI is InChI=1S/C25H27ClN2O4S/c1-4-5-9-20(18-15-33-24-10-7-6-8-16(18)24)27-28-25(30)12-11-21(29)17-13-22(31-2)23(32-3)14-19(17)26/h6-8,10,13-15H,4-5,9,11-12H2,1-3H3,(H,28,30)/b27-20+. The van der Waals surface area contributed by atoms with Gasteiger partial charge >= 0.3 is 0 Å². The number of ketones is 1. The number of Topliss-reactive ketones (excluding diaryl/α,β-unsaturated/α-hetero) is 1. The van der Waals surface area contributed by atoms with Crippen LogP contribution in [0.15, 0.2) is 46.9 Å².